The first-order valence-electron chi connectivity index (χ1n) is 7.64. The molecule has 120 valence electrons. The normalized spacial score (nSPS) is 11.1. The van der Waals surface area contributed by atoms with Crippen molar-refractivity contribution >= 4 is 17.4 Å². The fourth-order valence-electron chi connectivity index (χ4n) is 2.27. The summed E-state index contributed by atoms with van der Waals surface area (Å²) >= 11 is 6.07. The van der Waals surface area contributed by atoms with Crippen LogP contribution in [-0.4, -0.2) is 54.7 Å². The summed E-state index contributed by atoms with van der Waals surface area (Å²) in [5, 5.41) is 0.467. The molecule has 0 spiro atoms. The van der Waals surface area contributed by atoms with Gasteiger partial charge in [-0.2, -0.15) is 0 Å². The van der Waals surface area contributed by atoms with Crippen LogP contribution in [0.25, 0.3) is 0 Å². The van der Waals surface area contributed by atoms with Crippen molar-refractivity contribution in [2.75, 3.05) is 44.7 Å². The van der Waals surface area contributed by atoms with Crippen molar-refractivity contribution in [2.45, 2.75) is 33.8 Å². The Morgan fingerprint density at radius 2 is 1.81 bits per heavy atom. The zero-order valence-corrected chi connectivity index (χ0v) is 14.4. The van der Waals surface area contributed by atoms with E-state index in [9.17, 15) is 0 Å². The van der Waals surface area contributed by atoms with Gasteiger partial charge in [0.1, 0.15) is 17.6 Å². The highest BCUT2D eigenvalue weighted by Crippen LogP contribution is 2.17. The van der Waals surface area contributed by atoms with Crippen molar-refractivity contribution < 1.29 is 4.74 Å². The fourth-order valence-corrected chi connectivity index (χ4v) is 2.46. The summed E-state index contributed by atoms with van der Waals surface area (Å²) in [6.07, 6.45) is 1.11. The topological polar surface area (TPSA) is 41.5 Å². The lowest BCUT2D eigenvalue weighted by Crippen LogP contribution is -2.30. The summed E-state index contributed by atoms with van der Waals surface area (Å²) in [6.45, 7) is 12.1. The summed E-state index contributed by atoms with van der Waals surface area (Å²) in [5.74, 6) is 1.51. The average Bonchev–Trinajstić information content (AvgIpc) is 2.47. The Hall–Kier alpha value is -0.910. The van der Waals surface area contributed by atoms with E-state index in [0.717, 1.165) is 45.0 Å². The highest BCUT2D eigenvalue weighted by molar-refractivity contribution is 6.29. The average molecular weight is 315 g/mol. The van der Waals surface area contributed by atoms with Crippen LogP contribution in [0.1, 0.15) is 33.0 Å². The van der Waals surface area contributed by atoms with Crippen LogP contribution in [0.15, 0.2) is 6.07 Å². The molecular formula is C15H27ClN4O. The first-order valence-corrected chi connectivity index (χ1v) is 8.02. The number of hydrogen-bond acceptors (Lipinski definition) is 5. The Bertz CT molecular complexity index is 413. The van der Waals surface area contributed by atoms with E-state index in [-0.39, 0.29) is 0 Å². The number of methoxy groups -OCH3 is 1. The van der Waals surface area contributed by atoms with E-state index in [2.05, 4.69) is 40.5 Å². The lowest BCUT2D eigenvalue weighted by atomic mass is 10.3. The third kappa shape index (κ3) is 6.16. The van der Waals surface area contributed by atoms with E-state index in [4.69, 9.17) is 16.3 Å². The van der Waals surface area contributed by atoms with Crippen molar-refractivity contribution in [1.82, 2.24) is 14.9 Å². The molecule has 1 rings (SSSR count). The second-order valence-electron chi connectivity index (χ2n) is 4.86. The monoisotopic (exact) mass is 314 g/mol. The fraction of sp³-hybridized carbons (Fsp3) is 0.733. The molecule has 0 saturated carbocycles. The number of halogens is 1. The van der Waals surface area contributed by atoms with Gasteiger partial charge in [0.15, 0.2) is 5.82 Å². The van der Waals surface area contributed by atoms with Crippen LogP contribution in [0.3, 0.4) is 0 Å². The van der Waals surface area contributed by atoms with Gasteiger partial charge in [0.05, 0.1) is 0 Å². The number of aromatic nitrogens is 2. The second-order valence-corrected chi connectivity index (χ2v) is 5.25. The maximum Gasteiger partial charge on any atom is 0.158 e. The van der Waals surface area contributed by atoms with E-state index >= 15 is 0 Å². The molecule has 1 heterocycles. The zero-order valence-electron chi connectivity index (χ0n) is 13.6. The second kappa shape index (κ2) is 9.92. The molecule has 1 aromatic heterocycles. The molecule has 0 fully saturated rings. The summed E-state index contributed by atoms with van der Waals surface area (Å²) in [5.41, 5.74) is 0. The molecule has 0 aliphatic heterocycles. The van der Waals surface area contributed by atoms with Gasteiger partial charge in [-0.25, -0.2) is 9.97 Å². The third-order valence-electron chi connectivity index (χ3n) is 3.50. The molecular weight excluding hydrogens is 288 g/mol. The van der Waals surface area contributed by atoms with Crippen molar-refractivity contribution in [2.24, 2.45) is 0 Å². The molecule has 0 aliphatic rings. The Kier molecular flexibility index (Phi) is 8.57. The minimum absolute atomic E-state index is 0.380. The first-order chi connectivity index (χ1) is 10.1. The van der Waals surface area contributed by atoms with Crippen LogP contribution < -0.4 is 4.90 Å². The van der Waals surface area contributed by atoms with Crippen LogP contribution in [0.2, 0.25) is 5.15 Å². The molecule has 0 saturated heterocycles. The standard InChI is InChI=1S/C15H27ClN4O/c1-5-19(6-2)9-8-10-20(7-3)15-11-13(16)17-14(18-15)12-21-4/h11H,5-10,12H2,1-4H3. The van der Waals surface area contributed by atoms with Gasteiger partial charge in [-0.05, 0) is 33.0 Å². The number of anilines is 1. The van der Waals surface area contributed by atoms with Crippen molar-refractivity contribution in [3.8, 4) is 0 Å². The Morgan fingerprint density at radius 3 is 2.38 bits per heavy atom. The van der Waals surface area contributed by atoms with E-state index in [1.807, 2.05) is 6.07 Å². The van der Waals surface area contributed by atoms with Gasteiger partial charge in [-0.1, -0.05) is 25.4 Å². The van der Waals surface area contributed by atoms with Crippen LogP contribution in [0.4, 0.5) is 5.82 Å². The summed E-state index contributed by atoms with van der Waals surface area (Å²) < 4.78 is 5.08. The Labute approximate surface area is 133 Å². The molecule has 6 heteroatoms. The zero-order chi connectivity index (χ0) is 15.7. The van der Waals surface area contributed by atoms with Gasteiger partial charge in [0.25, 0.3) is 0 Å². The molecule has 0 unspecified atom stereocenters. The molecule has 5 nitrogen and oxygen atoms in total. The van der Waals surface area contributed by atoms with Crippen LogP contribution >= 0.6 is 11.6 Å². The summed E-state index contributed by atoms with van der Waals surface area (Å²) in [4.78, 5) is 13.4. The molecule has 0 amide bonds. The Balaban J connectivity index is 2.66. The van der Waals surface area contributed by atoms with Gasteiger partial charge in [0, 0.05) is 26.3 Å². The van der Waals surface area contributed by atoms with E-state index < -0.39 is 0 Å². The molecule has 0 atom stereocenters. The maximum atomic E-state index is 6.07. The first kappa shape index (κ1) is 18.1. The van der Waals surface area contributed by atoms with Crippen LogP contribution in [0.5, 0.6) is 0 Å². The minimum Gasteiger partial charge on any atom is -0.377 e. The van der Waals surface area contributed by atoms with Crippen LogP contribution in [0, 0.1) is 0 Å². The Morgan fingerprint density at radius 1 is 1.10 bits per heavy atom. The highest BCUT2D eigenvalue weighted by atomic mass is 35.5. The SMILES string of the molecule is CCN(CC)CCCN(CC)c1cc(Cl)nc(COC)n1. The summed E-state index contributed by atoms with van der Waals surface area (Å²) in [7, 11) is 1.63. The number of ether oxygens (including phenoxy) is 1. The largest absolute Gasteiger partial charge is 0.377 e. The number of nitrogens with zero attached hydrogens (tertiary/aromatic N) is 4. The number of rotatable bonds is 10. The van der Waals surface area contributed by atoms with Crippen molar-refractivity contribution in [1.29, 1.82) is 0 Å². The summed E-state index contributed by atoms with van der Waals surface area (Å²) in [6, 6.07) is 1.82. The minimum atomic E-state index is 0.380. The van der Waals surface area contributed by atoms with Crippen molar-refractivity contribution in [3.05, 3.63) is 17.0 Å². The molecule has 0 bridgehead atoms. The maximum absolute atomic E-state index is 6.07. The van der Waals surface area contributed by atoms with Gasteiger partial charge in [-0.3, -0.25) is 0 Å². The molecule has 0 aliphatic carbocycles. The highest BCUT2D eigenvalue weighted by Gasteiger charge is 2.10. The lowest BCUT2D eigenvalue weighted by Gasteiger charge is -2.24. The smallest absolute Gasteiger partial charge is 0.158 e. The van der Waals surface area contributed by atoms with Gasteiger partial charge in [-0.15, -0.1) is 0 Å². The van der Waals surface area contributed by atoms with Gasteiger partial charge < -0.3 is 14.5 Å². The van der Waals surface area contributed by atoms with E-state index in [1.54, 1.807) is 7.11 Å². The van der Waals surface area contributed by atoms with Crippen LogP contribution in [-0.2, 0) is 11.3 Å². The van der Waals surface area contributed by atoms with E-state index in [1.165, 1.54) is 0 Å². The number of hydrogen-bond donors (Lipinski definition) is 0. The third-order valence-corrected chi connectivity index (χ3v) is 3.70. The molecule has 0 radical (unpaired) electrons. The predicted octanol–water partition coefficient (Wildman–Crippen LogP) is 2.83. The quantitative estimate of drug-likeness (QED) is 0.621. The van der Waals surface area contributed by atoms with Gasteiger partial charge in [0.2, 0.25) is 0 Å². The van der Waals surface area contributed by atoms with Gasteiger partial charge >= 0.3 is 0 Å². The molecule has 0 N–H and O–H groups in total. The predicted molar refractivity (Wildman–Crippen MR) is 88.0 cm³/mol. The van der Waals surface area contributed by atoms with Crippen molar-refractivity contribution in [3.63, 3.8) is 0 Å². The molecule has 1 aromatic rings. The molecule has 0 aromatic carbocycles. The lowest BCUT2D eigenvalue weighted by molar-refractivity contribution is 0.178. The van der Waals surface area contributed by atoms with E-state index in [0.29, 0.717) is 17.6 Å². The molecule has 21 heavy (non-hydrogen) atoms.